The molecule has 22 heavy (non-hydrogen) atoms. The molecule has 8 heteroatoms. The van der Waals surface area contributed by atoms with Gasteiger partial charge in [-0.25, -0.2) is 4.79 Å². The summed E-state index contributed by atoms with van der Waals surface area (Å²) in [5.41, 5.74) is 2.73. The van der Waals surface area contributed by atoms with E-state index >= 15 is 0 Å². The first-order chi connectivity index (χ1) is 10.5. The van der Waals surface area contributed by atoms with E-state index in [1.807, 2.05) is 26.0 Å². The molecule has 1 heterocycles. The zero-order chi connectivity index (χ0) is 16.1. The minimum Gasteiger partial charge on any atom is -0.312 e. The van der Waals surface area contributed by atoms with Gasteiger partial charge in [0.25, 0.3) is 0 Å². The quantitative estimate of drug-likeness (QED) is 0.840. The van der Waals surface area contributed by atoms with Gasteiger partial charge in [0.15, 0.2) is 5.16 Å². The number of carbonyl (C=O) groups excluding carboxylic acids is 2. The Hall–Kier alpha value is -2.35. The average Bonchev–Trinajstić information content (AvgIpc) is 2.87. The Kier molecular flexibility index (Phi) is 5.16. The van der Waals surface area contributed by atoms with Gasteiger partial charge in [0.2, 0.25) is 5.91 Å². The van der Waals surface area contributed by atoms with E-state index in [4.69, 9.17) is 0 Å². The monoisotopic (exact) mass is 319 g/mol. The van der Waals surface area contributed by atoms with Crippen LogP contribution in [0.1, 0.15) is 11.1 Å². The molecule has 1 aromatic carbocycles. The van der Waals surface area contributed by atoms with Gasteiger partial charge in [-0.2, -0.15) is 0 Å². The van der Waals surface area contributed by atoms with Gasteiger partial charge in [-0.1, -0.05) is 23.9 Å². The van der Waals surface area contributed by atoms with Crippen LogP contribution in [0.4, 0.5) is 10.5 Å². The molecule has 0 aliphatic carbocycles. The third kappa shape index (κ3) is 4.08. The minimum absolute atomic E-state index is 0.0900. The van der Waals surface area contributed by atoms with Crippen molar-refractivity contribution < 1.29 is 9.59 Å². The average molecular weight is 319 g/mol. The number of thioether (sulfide) groups is 1. The van der Waals surface area contributed by atoms with Crippen molar-refractivity contribution in [3.63, 3.8) is 0 Å². The first-order valence-corrected chi connectivity index (χ1v) is 7.60. The van der Waals surface area contributed by atoms with Gasteiger partial charge in [0.1, 0.15) is 6.33 Å². The molecule has 0 saturated heterocycles. The zero-order valence-corrected chi connectivity index (χ0v) is 13.4. The molecule has 0 fully saturated rings. The summed E-state index contributed by atoms with van der Waals surface area (Å²) in [6, 6.07) is 5.06. The second-order valence-electron chi connectivity index (χ2n) is 4.76. The van der Waals surface area contributed by atoms with Gasteiger partial charge in [0.05, 0.1) is 5.75 Å². The molecular formula is C14H17N5O2S. The maximum atomic E-state index is 11.8. The highest BCUT2D eigenvalue weighted by Crippen LogP contribution is 2.17. The molecule has 0 aliphatic rings. The van der Waals surface area contributed by atoms with Crippen LogP contribution in [0, 0.1) is 13.8 Å². The number of rotatable bonds is 4. The predicted octanol–water partition coefficient (Wildman–Crippen LogP) is 1.87. The topological polar surface area (TPSA) is 88.9 Å². The number of carbonyl (C=O) groups is 2. The first kappa shape index (κ1) is 16.0. The summed E-state index contributed by atoms with van der Waals surface area (Å²) in [6.07, 6.45) is 1.55. The fourth-order valence-electron chi connectivity index (χ4n) is 1.74. The number of imide groups is 1. The second kappa shape index (κ2) is 7.08. The number of nitrogens with zero attached hydrogens (tertiary/aromatic N) is 3. The summed E-state index contributed by atoms with van der Waals surface area (Å²) < 4.78 is 1.70. The van der Waals surface area contributed by atoms with Crippen LogP contribution in [0.15, 0.2) is 29.7 Å². The molecule has 116 valence electrons. The Morgan fingerprint density at radius 2 is 2.09 bits per heavy atom. The fourth-order valence-corrected chi connectivity index (χ4v) is 2.42. The van der Waals surface area contributed by atoms with Crippen LogP contribution in [0.5, 0.6) is 0 Å². The normalized spacial score (nSPS) is 10.3. The fraction of sp³-hybridized carbons (Fsp3) is 0.286. The predicted molar refractivity (Wildman–Crippen MR) is 84.8 cm³/mol. The third-order valence-electron chi connectivity index (χ3n) is 3.11. The van der Waals surface area contributed by atoms with Gasteiger partial charge in [-0.3, -0.25) is 10.1 Å². The number of anilines is 1. The summed E-state index contributed by atoms with van der Waals surface area (Å²) in [7, 11) is 1.79. The SMILES string of the molecule is Cc1cccc(NC(=O)NC(=O)CSc2nncn2C)c1C. The number of aryl methyl sites for hydroxylation is 2. The Bertz CT molecular complexity index is 698. The van der Waals surface area contributed by atoms with Crippen molar-refractivity contribution in [1.29, 1.82) is 0 Å². The largest absolute Gasteiger partial charge is 0.325 e. The molecule has 2 rings (SSSR count). The van der Waals surface area contributed by atoms with Crippen molar-refractivity contribution in [3.05, 3.63) is 35.7 Å². The standard InChI is InChI=1S/C14H17N5O2S/c1-9-5-4-6-11(10(9)2)16-13(21)17-12(20)7-22-14-18-15-8-19(14)3/h4-6,8H,7H2,1-3H3,(H2,16,17,20,21). The van der Waals surface area contributed by atoms with Crippen molar-refractivity contribution in [3.8, 4) is 0 Å². The van der Waals surface area contributed by atoms with Gasteiger partial charge in [-0.05, 0) is 31.0 Å². The highest BCUT2D eigenvalue weighted by Gasteiger charge is 2.11. The lowest BCUT2D eigenvalue weighted by atomic mass is 10.1. The van der Waals surface area contributed by atoms with Crippen LogP contribution < -0.4 is 10.6 Å². The number of hydrogen-bond acceptors (Lipinski definition) is 5. The van der Waals surface area contributed by atoms with Gasteiger partial charge in [-0.15, -0.1) is 10.2 Å². The molecule has 0 atom stereocenters. The van der Waals surface area contributed by atoms with Crippen molar-refractivity contribution >= 4 is 29.4 Å². The minimum atomic E-state index is -0.544. The van der Waals surface area contributed by atoms with E-state index in [2.05, 4.69) is 20.8 Å². The molecule has 0 spiro atoms. The van der Waals surface area contributed by atoms with E-state index in [1.165, 1.54) is 11.8 Å². The van der Waals surface area contributed by atoms with Crippen LogP contribution in [0.3, 0.4) is 0 Å². The molecule has 7 nitrogen and oxygen atoms in total. The molecule has 3 amide bonds. The Morgan fingerprint density at radius 1 is 1.32 bits per heavy atom. The highest BCUT2D eigenvalue weighted by molar-refractivity contribution is 7.99. The number of amides is 3. The number of nitrogens with one attached hydrogen (secondary N) is 2. The molecule has 2 N–H and O–H groups in total. The van der Waals surface area contributed by atoms with E-state index in [0.717, 1.165) is 11.1 Å². The Labute approximate surface area is 132 Å². The highest BCUT2D eigenvalue weighted by atomic mass is 32.2. The van der Waals surface area contributed by atoms with Crippen molar-refractivity contribution in [1.82, 2.24) is 20.1 Å². The number of urea groups is 1. The summed E-state index contributed by atoms with van der Waals surface area (Å²) in [6.45, 7) is 3.87. The molecule has 0 unspecified atom stereocenters. The van der Waals surface area contributed by atoms with Crippen molar-refractivity contribution in [2.75, 3.05) is 11.1 Å². The summed E-state index contributed by atoms with van der Waals surface area (Å²) in [5.74, 6) is -0.303. The third-order valence-corrected chi connectivity index (χ3v) is 4.14. The lowest BCUT2D eigenvalue weighted by molar-refractivity contribution is -0.117. The second-order valence-corrected chi connectivity index (χ2v) is 5.71. The van der Waals surface area contributed by atoms with Gasteiger partial charge < -0.3 is 9.88 Å². The lowest BCUT2D eigenvalue weighted by Gasteiger charge is -2.10. The summed E-state index contributed by atoms with van der Waals surface area (Å²) >= 11 is 1.21. The van der Waals surface area contributed by atoms with E-state index in [0.29, 0.717) is 10.8 Å². The van der Waals surface area contributed by atoms with E-state index in [9.17, 15) is 9.59 Å². The molecule has 0 bridgehead atoms. The maximum absolute atomic E-state index is 11.8. The van der Waals surface area contributed by atoms with Gasteiger partial charge in [0, 0.05) is 12.7 Å². The van der Waals surface area contributed by atoms with Gasteiger partial charge >= 0.3 is 6.03 Å². The van der Waals surface area contributed by atoms with Crippen molar-refractivity contribution in [2.45, 2.75) is 19.0 Å². The van der Waals surface area contributed by atoms with E-state index in [-0.39, 0.29) is 5.75 Å². The Morgan fingerprint density at radius 3 is 2.77 bits per heavy atom. The molecule has 0 saturated carbocycles. The maximum Gasteiger partial charge on any atom is 0.325 e. The number of benzene rings is 1. The van der Waals surface area contributed by atoms with Crippen LogP contribution in [0.25, 0.3) is 0 Å². The van der Waals surface area contributed by atoms with E-state index in [1.54, 1.807) is 24.0 Å². The molecule has 0 radical (unpaired) electrons. The zero-order valence-electron chi connectivity index (χ0n) is 12.6. The smallest absolute Gasteiger partial charge is 0.312 e. The van der Waals surface area contributed by atoms with Crippen LogP contribution >= 0.6 is 11.8 Å². The first-order valence-electron chi connectivity index (χ1n) is 6.61. The van der Waals surface area contributed by atoms with Crippen LogP contribution in [0.2, 0.25) is 0 Å². The summed E-state index contributed by atoms with van der Waals surface area (Å²) in [4.78, 5) is 23.6. The molecule has 2 aromatic rings. The van der Waals surface area contributed by atoms with Crippen LogP contribution in [-0.4, -0.2) is 32.5 Å². The Balaban J connectivity index is 1.85. The van der Waals surface area contributed by atoms with Crippen molar-refractivity contribution in [2.24, 2.45) is 7.05 Å². The summed E-state index contributed by atoms with van der Waals surface area (Å²) in [5, 5.41) is 13.1. The van der Waals surface area contributed by atoms with E-state index < -0.39 is 11.9 Å². The molecule has 1 aromatic heterocycles. The molecular weight excluding hydrogens is 302 g/mol. The lowest BCUT2D eigenvalue weighted by Crippen LogP contribution is -2.35. The molecule has 0 aliphatic heterocycles. The number of hydrogen-bond donors (Lipinski definition) is 2. The van der Waals surface area contributed by atoms with Crippen LogP contribution in [-0.2, 0) is 11.8 Å². The number of aromatic nitrogens is 3.